The molecule has 1 aliphatic rings. The molecule has 0 radical (unpaired) electrons. The van der Waals surface area contributed by atoms with E-state index in [1.54, 1.807) is 36.4 Å². The van der Waals surface area contributed by atoms with Crippen LogP contribution < -0.4 is 10.5 Å². The van der Waals surface area contributed by atoms with Crippen LogP contribution in [0.2, 0.25) is 0 Å². The van der Waals surface area contributed by atoms with E-state index < -0.39 is 10.0 Å². The van der Waals surface area contributed by atoms with Crippen LogP contribution in [0.4, 0.5) is 5.69 Å². The minimum Gasteiger partial charge on any atom is -0.339 e. The number of nitrogens with two attached hydrogens (primary N) is 1. The third-order valence-electron chi connectivity index (χ3n) is 4.93. The molecule has 1 aliphatic heterocycles. The maximum Gasteiger partial charge on any atom is 0.253 e. The summed E-state index contributed by atoms with van der Waals surface area (Å²) in [6, 6.07) is 12.8. The topological polar surface area (TPSA) is 110 Å². The Labute approximate surface area is 171 Å². The van der Waals surface area contributed by atoms with E-state index in [-0.39, 0.29) is 23.1 Å². The number of nitrogens with one attached hydrogen (secondary N) is 1. The number of likely N-dealkylation sites (tertiary alicyclic amines) is 1. The molecule has 0 bridgehead atoms. The lowest BCUT2D eigenvalue weighted by atomic mass is 10.1. The fraction of sp³-hybridized carbons (Fsp3) is 0.333. The van der Waals surface area contributed by atoms with Crippen LogP contribution in [0, 0.1) is 0 Å². The summed E-state index contributed by atoms with van der Waals surface area (Å²) in [4.78, 5) is 26.8. The predicted octanol–water partition coefficient (Wildman–Crippen LogP) is 2.53. The summed E-state index contributed by atoms with van der Waals surface area (Å²) in [6.45, 7) is 1.59. The van der Waals surface area contributed by atoms with E-state index in [0.29, 0.717) is 16.8 Å². The summed E-state index contributed by atoms with van der Waals surface area (Å²) < 4.78 is 22.5. The zero-order valence-electron chi connectivity index (χ0n) is 16.1. The van der Waals surface area contributed by atoms with Gasteiger partial charge < -0.3 is 10.2 Å². The van der Waals surface area contributed by atoms with Crippen molar-refractivity contribution in [1.29, 1.82) is 0 Å². The Morgan fingerprint density at radius 3 is 2.03 bits per heavy atom. The molecule has 2 amide bonds. The Morgan fingerprint density at radius 1 is 0.897 bits per heavy atom. The van der Waals surface area contributed by atoms with Gasteiger partial charge in [-0.3, -0.25) is 9.59 Å². The number of hydrogen-bond acceptors (Lipinski definition) is 4. The van der Waals surface area contributed by atoms with Gasteiger partial charge in [-0.2, -0.15) is 0 Å². The van der Waals surface area contributed by atoms with Crippen molar-refractivity contribution >= 4 is 27.5 Å². The smallest absolute Gasteiger partial charge is 0.253 e. The highest BCUT2D eigenvalue weighted by Gasteiger charge is 2.17. The van der Waals surface area contributed by atoms with Crippen LogP contribution in [-0.2, 0) is 21.2 Å². The van der Waals surface area contributed by atoms with Gasteiger partial charge >= 0.3 is 0 Å². The van der Waals surface area contributed by atoms with Crippen LogP contribution in [0.15, 0.2) is 53.4 Å². The second-order valence-corrected chi connectivity index (χ2v) is 8.76. The van der Waals surface area contributed by atoms with E-state index in [4.69, 9.17) is 5.14 Å². The highest BCUT2D eigenvalue weighted by Crippen LogP contribution is 2.16. The number of benzene rings is 2. The van der Waals surface area contributed by atoms with Crippen LogP contribution in [0.25, 0.3) is 0 Å². The lowest BCUT2D eigenvalue weighted by Crippen LogP contribution is -2.31. The van der Waals surface area contributed by atoms with Crippen LogP contribution in [0.3, 0.4) is 0 Å². The average molecular weight is 416 g/mol. The van der Waals surface area contributed by atoms with Crippen LogP contribution in [0.1, 0.15) is 41.6 Å². The third-order valence-corrected chi connectivity index (χ3v) is 5.85. The molecular formula is C21H25N3O4S. The first-order valence-electron chi connectivity index (χ1n) is 9.64. The summed E-state index contributed by atoms with van der Waals surface area (Å²) in [7, 11) is -3.75. The van der Waals surface area contributed by atoms with Crippen molar-refractivity contribution < 1.29 is 18.0 Å². The summed E-state index contributed by atoms with van der Waals surface area (Å²) in [6.07, 6.45) is 4.51. The van der Waals surface area contributed by atoms with Gasteiger partial charge in [-0.05, 0) is 54.8 Å². The van der Waals surface area contributed by atoms with E-state index in [1.165, 1.54) is 25.0 Å². The van der Waals surface area contributed by atoms with Crippen LogP contribution in [0.5, 0.6) is 0 Å². The molecule has 0 aliphatic carbocycles. The van der Waals surface area contributed by atoms with Crippen molar-refractivity contribution in [3.63, 3.8) is 0 Å². The number of anilines is 1. The van der Waals surface area contributed by atoms with Crippen molar-refractivity contribution in [1.82, 2.24) is 4.90 Å². The molecule has 8 heteroatoms. The SMILES string of the molecule is NS(=O)(=O)c1ccc(CC(=O)Nc2ccc(C(=O)N3CCCCCC3)cc2)cc1. The molecule has 1 heterocycles. The van der Waals surface area contributed by atoms with Gasteiger partial charge in [-0.25, -0.2) is 13.6 Å². The summed E-state index contributed by atoms with van der Waals surface area (Å²) in [5.74, 6) is -0.209. The molecule has 0 saturated carbocycles. The molecule has 0 spiro atoms. The van der Waals surface area contributed by atoms with Gasteiger partial charge in [-0.1, -0.05) is 25.0 Å². The van der Waals surface area contributed by atoms with Crippen molar-refractivity contribution in [2.45, 2.75) is 37.0 Å². The molecule has 154 valence electrons. The van der Waals surface area contributed by atoms with E-state index in [9.17, 15) is 18.0 Å². The van der Waals surface area contributed by atoms with Gasteiger partial charge in [0.05, 0.1) is 11.3 Å². The van der Waals surface area contributed by atoms with Gasteiger partial charge in [0, 0.05) is 24.3 Å². The first kappa shape index (κ1) is 21.0. The Morgan fingerprint density at radius 2 is 1.48 bits per heavy atom. The highest BCUT2D eigenvalue weighted by molar-refractivity contribution is 7.89. The number of nitrogens with zero attached hydrogens (tertiary/aromatic N) is 1. The fourth-order valence-corrected chi connectivity index (χ4v) is 3.86. The maximum absolute atomic E-state index is 12.6. The molecule has 2 aromatic rings. The molecule has 1 fully saturated rings. The van der Waals surface area contributed by atoms with Gasteiger partial charge in [0.25, 0.3) is 5.91 Å². The van der Waals surface area contributed by atoms with Crippen molar-refractivity contribution in [2.24, 2.45) is 5.14 Å². The highest BCUT2D eigenvalue weighted by atomic mass is 32.2. The van der Waals surface area contributed by atoms with E-state index in [2.05, 4.69) is 5.32 Å². The number of sulfonamides is 1. The van der Waals surface area contributed by atoms with Crippen molar-refractivity contribution in [3.05, 3.63) is 59.7 Å². The number of carbonyl (C=O) groups excluding carboxylic acids is 2. The Kier molecular flexibility index (Phi) is 6.66. The number of primary sulfonamides is 1. The zero-order chi connectivity index (χ0) is 20.9. The maximum atomic E-state index is 12.6. The molecule has 0 unspecified atom stereocenters. The lowest BCUT2D eigenvalue weighted by Gasteiger charge is -2.20. The number of rotatable bonds is 5. The zero-order valence-corrected chi connectivity index (χ0v) is 17.0. The van der Waals surface area contributed by atoms with Crippen molar-refractivity contribution in [2.75, 3.05) is 18.4 Å². The lowest BCUT2D eigenvalue weighted by molar-refractivity contribution is -0.115. The molecule has 0 aromatic heterocycles. The monoisotopic (exact) mass is 415 g/mol. The summed E-state index contributed by atoms with van der Waals surface area (Å²) in [5.41, 5.74) is 1.88. The molecule has 0 atom stereocenters. The number of amides is 2. The Bertz CT molecular complexity index is 962. The molecule has 1 saturated heterocycles. The fourth-order valence-electron chi connectivity index (χ4n) is 3.34. The molecule has 29 heavy (non-hydrogen) atoms. The Balaban J connectivity index is 1.57. The normalized spacial score (nSPS) is 14.9. The van der Waals surface area contributed by atoms with E-state index in [1.807, 2.05) is 4.90 Å². The quantitative estimate of drug-likeness (QED) is 0.782. The van der Waals surface area contributed by atoms with Gasteiger partial charge in [-0.15, -0.1) is 0 Å². The number of hydrogen-bond donors (Lipinski definition) is 2. The van der Waals surface area contributed by atoms with Crippen LogP contribution in [-0.4, -0.2) is 38.2 Å². The minimum atomic E-state index is -3.75. The first-order chi connectivity index (χ1) is 13.8. The van der Waals surface area contributed by atoms with E-state index >= 15 is 0 Å². The molecule has 3 rings (SSSR count). The third kappa shape index (κ3) is 5.88. The second-order valence-electron chi connectivity index (χ2n) is 7.20. The van der Waals surface area contributed by atoms with Gasteiger partial charge in [0.15, 0.2) is 0 Å². The summed E-state index contributed by atoms with van der Waals surface area (Å²) in [5, 5.41) is 7.85. The number of carbonyl (C=O) groups is 2. The van der Waals surface area contributed by atoms with Crippen LogP contribution >= 0.6 is 0 Å². The van der Waals surface area contributed by atoms with Crippen molar-refractivity contribution in [3.8, 4) is 0 Å². The standard InChI is InChI=1S/C21H25N3O4S/c22-29(27,28)19-11-5-16(6-12-19)15-20(25)23-18-9-7-17(8-10-18)21(26)24-13-3-1-2-4-14-24/h5-12H,1-4,13-15H2,(H,23,25)(H2,22,27,28). The summed E-state index contributed by atoms with van der Waals surface area (Å²) >= 11 is 0. The molecule has 3 N–H and O–H groups in total. The van der Waals surface area contributed by atoms with E-state index in [0.717, 1.165) is 25.9 Å². The largest absolute Gasteiger partial charge is 0.339 e. The Hall–Kier alpha value is -2.71. The average Bonchev–Trinajstić information content (AvgIpc) is 2.97. The first-order valence-corrected chi connectivity index (χ1v) is 11.2. The van der Waals surface area contributed by atoms with Gasteiger partial charge in [0.1, 0.15) is 0 Å². The molecule has 7 nitrogen and oxygen atoms in total. The van der Waals surface area contributed by atoms with Gasteiger partial charge in [0.2, 0.25) is 15.9 Å². The molecule has 2 aromatic carbocycles. The predicted molar refractivity (Wildman–Crippen MR) is 111 cm³/mol. The molecular weight excluding hydrogens is 390 g/mol. The second kappa shape index (κ2) is 9.19. The minimum absolute atomic E-state index is 0.00585.